The van der Waals surface area contributed by atoms with E-state index in [-0.39, 0.29) is 5.91 Å². The van der Waals surface area contributed by atoms with Crippen LogP contribution in [-0.2, 0) is 0 Å². The zero-order valence-corrected chi connectivity index (χ0v) is 15.9. The average molecular weight is 365 g/mol. The minimum Gasteiger partial charge on any atom is -0.310 e. The number of hydrogen-bond donors (Lipinski definition) is 0. The van der Waals surface area contributed by atoms with Crippen LogP contribution >= 0.6 is 11.8 Å². The summed E-state index contributed by atoms with van der Waals surface area (Å²) in [5.74, 6) is -0.139. The highest BCUT2D eigenvalue weighted by molar-refractivity contribution is 7.99. The molecule has 3 heterocycles. The van der Waals surface area contributed by atoms with E-state index in [2.05, 4.69) is 19.9 Å². The van der Waals surface area contributed by atoms with E-state index < -0.39 is 0 Å². The Morgan fingerprint density at radius 2 is 1.77 bits per heavy atom. The monoisotopic (exact) mass is 365 g/mol. The van der Waals surface area contributed by atoms with E-state index in [1.54, 1.807) is 42.7 Å². The summed E-state index contributed by atoms with van der Waals surface area (Å²) in [7, 11) is 1.72. The summed E-state index contributed by atoms with van der Waals surface area (Å²) in [4.78, 5) is 31.5. The highest BCUT2D eigenvalue weighted by atomic mass is 32.2. The molecule has 0 unspecified atom stereocenters. The van der Waals surface area contributed by atoms with Crippen molar-refractivity contribution in [3.63, 3.8) is 0 Å². The maximum Gasteiger partial charge on any atom is 0.259 e. The van der Waals surface area contributed by atoms with Crippen LogP contribution in [0.3, 0.4) is 0 Å². The van der Waals surface area contributed by atoms with Gasteiger partial charge in [-0.05, 0) is 62.4 Å². The number of anilines is 1. The molecule has 1 amide bonds. The largest absolute Gasteiger partial charge is 0.310 e. The van der Waals surface area contributed by atoms with Crippen LogP contribution in [0.2, 0.25) is 0 Å². The fourth-order valence-corrected chi connectivity index (χ4v) is 3.10. The lowest BCUT2D eigenvalue weighted by molar-refractivity contribution is 0.0992. The fraction of sp³-hybridized carbons (Fsp3) is 0.211. The van der Waals surface area contributed by atoms with E-state index in [9.17, 15) is 4.79 Å². The molecule has 0 aromatic carbocycles. The Kier molecular flexibility index (Phi) is 5.27. The van der Waals surface area contributed by atoms with Gasteiger partial charge in [-0.1, -0.05) is 0 Å². The van der Waals surface area contributed by atoms with Gasteiger partial charge in [-0.25, -0.2) is 15.0 Å². The fourth-order valence-electron chi connectivity index (χ4n) is 2.31. The molecular weight excluding hydrogens is 346 g/mol. The van der Waals surface area contributed by atoms with Crippen molar-refractivity contribution in [1.82, 2.24) is 19.9 Å². The van der Waals surface area contributed by atoms with Crippen molar-refractivity contribution >= 4 is 23.4 Å². The number of rotatable bonds is 4. The van der Waals surface area contributed by atoms with E-state index in [4.69, 9.17) is 0 Å². The number of nitrogens with zero attached hydrogens (tertiary/aromatic N) is 5. The van der Waals surface area contributed by atoms with Gasteiger partial charge in [-0.15, -0.1) is 0 Å². The van der Waals surface area contributed by atoms with E-state index in [1.807, 2.05) is 32.9 Å². The zero-order valence-electron chi connectivity index (χ0n) is 15.1. The third kappa shape index (κ3) is 3.88. The summed E-state index contributed by atoms with van der Waals surface area (Å²) in [5, 5.41) is 1.40. The Balaban J connectivity index is 1.75. The van der Waals surface area contributed by atoms with E-state index in [0.717, 1.165) is 27.7 Å². The molecule has 26 heavy (non-hydrogen) atoms. The van der Waals surface area contributed by atoms with Crippen molar-refractivity contribution < 1.29 is 4.79 Å². The number of carbonyl (C=O) groups is 1. The van der Waals surface area contributed by atoms with Crippen LogP contribution in [0, 0.1) is 20.8 Å². The van der Waals surface area contributed by atoms with Crippen LogP contribution in [0.4, 0.5) is 5.69 Å². The van der Waals surface area contributed by atoms with Crippen LogP contribution < -0.4 is 4.90 Å². The number of pyridine rings is 2. The molecule has 0 fully saturated rings. The molecule has 0 saturated heterocycles. The van der Waals surface area contributed by atoms with E-state index in [1.165, 1.54) is 11.8 Å². The van der Waals surface area contributed by atoms with Crippen molar-refractivity contribution in [2.45, 2.75) is 31.0 Å². The number of hydrogen-bond acceptors (Lipinski definition) is 6. The number of aryl methyl sites for hydroxylation is 2. The number of amides is 1. The van der Waals surface area contributed by atoms with Crippen molar-refractivity contribution in [2.75, 3.05) is 11.9 Å². The van der Waals surface area contributed by atoms with E-state index in [0.29, 0.717) is 10.7 Å². The molecule has 3 rings (SSSR count). The average Bonchev–Trinajstić information content (AvgIpc) is 2.66. The van der Waals surface area contributed by atoms with Crippen molar-refractivity contribution in [3.8, 4) is 0 Å². The summed E-state index contributed by atoms with van der Waals surface area (Å²) in [6, 6.07) is 7.20. The Bertz CT molecular complexity index is 905. The molecule has 132 valence electrons. The standard InChI is InChI=1S/C19H19N5OS/c1-12-13(2)22-19(23-14(12)3)26-17-8-7-15(10-21-17)18(25)24(4)16-6-5-9-20-11-16/h5-11H,1-4H3. The van der Waals surface area contributed by atoms with Crippen LogP contribution in [0.1, 0.15) is 27.3 Å². The Morgan fingerprint density at radius 3 is 2.35 bits per heavy atom. The first-order valence-corrected chi connectivity index (χ1v) is 8.91. The first-order chi connectivity index (χ1) is 12.5. The summed E-state index contributed by atoms with van der Waals surface area (Å²) in [6.07, 6.45) is 4.90. The molecule has 0 aliphatic carbocycles. The third-order valence-electron chi connectivity index (χ3n) is 4.13. The molecule has 7 heteroatoms. The zero-order chi connectivity index (χ0) is 18.7. The topological polar surface area (TPSA) is 71.9 Å². The molecule has 3 aromatic rings. The normalized spacial score (nSPS) is 10.6. The molecule has 6 nitrogen and oxygen atoms in total. The molecule has 0 radical (unpaired) electrons. The summed E-state index contributed by atoms with van der Waals surface area (Å²) >= 11 is 1.38. The van der Waals surface area contributed by atoms with E-state index >= 15 is 0 Å². The number of carbonyl (C=O) groups excluding carboxylic acids is 1. The molecule has 0 N–H and O–H groups in total. The summed E-state index contributed by atoms with van der Waals surface area (Å²) in [6.45, 7) is 5.95. The summed E-state index contributed by atoms with van der Waals surface area (Å²) < 4.78 is 0. The third-order valence-corrected chi connectivity index (χ3v) is 4.94. The van der Waals surface area contributed by atoms with Gasteiger partial charge < -0.3 is 4.90 Å². The minimum absolute atomic E-state index is 0.139. The van der Waals surface area contributed by atoms with Crippen LogP contribution in [-0.4, -0.2) is 32.9 Å². The lowest BCUT2D eigenvalue weighted by atomic mass is 10.2. The van der Waals surface area contributed by atoms with Gasteiger partial charge in [0.1, 0.15) is 5.03 Å². The van der Waals surface area contributed by atoms with Gasteiger partial charge in [-0.2, -0.15) is 0 Å². The second-order valence-electron chi connectivity index (χ2n) is 5.86. The van der Waals surface area contributed by atoms with Gasteiger partial charge in [0, 0.05) is 30.8 Å². The molecular formula is C19H19N5OS. The van der Waals surface area contributed by atoms with Gasteiger partial charge in [0.15, 0.2) is 5.16 Å². The smallest absolute Gasteiger partial charge is 0.259 e. The number of aromatic nitrogens is 4. The van der Waals surface area contributed by atoms with Crippen molar-refractivity contribution in [3.05, 3.63) is 65.4 Å². The molecule has 3 aromatic heterocycles. The van der Waals surface area contributed by atoms with Gasteiger partial charge in [0.25, 0.3) is 5.91 Å². The second kappa shape index (κ2) is 7.61. The Hall–Kier alpha value is -2.80. The quantitative estimate of drug-likeness (QED) is 0.658. The van der Waals surface area contributed by atoms with Gasteiger partial charge in [-0.3, -0.25) is 9.78 Å². The molecule has 0 bridgehead atoms. The molecule has 0 aliphatic heterocycles. The van der Waals surface area contributed by atoms with Crippen LogP contribution in [0.25, 0.3) is 0 Å². The minimum atomic E-state index is -0.139. The maximum absolute atomic E-state index is 12.6. The molecule has 0 atom stereocenters. The van der Waals surface area contributed by atoms with Gasteiger partial charge in [0.2, 0.25) is 0 Å². The van der Waals surface area contributed by atoms with Gasteiger partial charge in [0.05, 0.1) is 17.4 Å². The highest BCUT2D eigenvalue weighted by Crippen LogP contribution is 2.24. The van der Waals surface area contributed by atoms with Crippen molar-refractivity contribution in [1.29, 1.82) is 0 Å². The lowest BCUT2D eigenvalue weighted by Crippen LogP contribution is -2.26. The Morgan fingerprint density at radius 1 is 1.04 bits per heavy atom. The molecule has 0 aliphatic rings. The van der Waals surface area contributed by atoms with Crippen molar-refractivity contribution in [2.24, 2.45) is 0 Å². The maximum atomic E-state index is 12.6. The predicted octanol–water partition coefficient (Wildman–Crippen LogP) is 3.62. The highest BCUT2D eigenvalue weighted by Gasteiger charge is 2.14. The SMILES string of the molecule is Cc1nc(Sc2ccc(C(=O)N(C)c3cccnc3)cn2)nc(C)c1C. The predicted molar refractivity (Wildman–Crippen MR) is 102 cm³/mol. The lowest BCUT2D eigenvalue weighted by Gasteiger charge is -2.16. The van der Waals surface area contributed by atoms with Gasteiger partial charge >= 0.3 is 0 Å². The first-order valence-electron chi connectivity index (χ1n) is 8.09. The van der Waals surface area contributed by atoms with Crippen LogP contribution in [0.5, 0.6) is 0 Å². The Labute approximate surface area is 156 Å². The first kappa shape index (κ1) is 18.0. The molecule has 0 saturated carbocycles. The second-order valence-corrected chi connectivity index (χ2v) is 6.85. The molecule has 0 spiro atoms. The van der Waals surface area contributed by atoms with Crippen LogP contribution in [0.15, 0.2) is 53.0 Å². The summed E-state index contributed by atoms with van der Waals surface area (Å²) in [5.41, 5.74) is 4.27.